The number of nitrogens with two attached hydrogens (primary N) is 1. The molecule has 0 aliphatic carbocycles. The second kappa shape index (κ2) is 6.35. The highest BCUT2D eigenvalue weighted by Gasteiger charge is 2.27. The van der Waals surface area contributed by atoms with Crippen LogP contribution in [0.15, 0.2) is 24.5 Å². The molecule has 1 aromatic rings. The summed E-state index contributed by atoms with van der Waals surface area (Å²) in [5.74, 6) is 8.08. The van der Waals surface area contributed by atoms with Gasteiger partial charge in [0, 0.05) is 42.5 Å². The normalized spacial score (nSPS) is 23.5. The molecular weight excluding hydrogens is 232 g/mol. The zero-order valence-electron chi connectivity index (χ0n) is 10.2. The van der Waals surface area contributed by atoms with Crippen LogP contribution >= 0.6 is 11.8 Å². The van der Waals surface area contributed by atoms with Gasteiger partial charge in [-0.25, -0.2) is 0 Å². The molecule has 1 aliphatic rings. The zero-order chi connectivity index (χ0) is 12.1. The molecule has 2 unspecified atom stereocenters. The average Bonchev–Trinajstić information content (AvgIpc) is 2.38. The van der Waals surface area contributed by atoms with Crippen LogP contribution in [-0.4, -0.2) is 47.1 Å². The van der Waals surface area contributed by atoms with Crippen LogP contribution in [0.5, 0.6) is 0 Å². The average molecular weight is 252 g/mol. The molecule has 0 saturated carbocycles. The Kier molecular flexibility index (Phi) is 4.79. The van der Waals surface area contributed by atoms with Crippen LogP contribution in [0.4, 0.5) is 0 Å². The van der Waals surface area contributed by atoms with Crippen molar-refractivity contribution in [1.29, 1.82) is 0 Å². The van der Waals surface area contributed by atoms with Gasteiger partial charge in [-0.2, -0.15) is 11.8 Å². The fraction of sp³-hybridized carbons (Fsp3) is 0.583. The summed E-state index contributed by atoms with van der Waals surface area (Å²) < 4.78 is 0. The summed E-state index contributed by atoms with van der Waals surface area (Å²) in [6, 6.07) is 4.92. The van der Waals surface area contributed by atoms with Gasteiger partial charge in [-0.3, -0.25) is 16.3 Å². The number of hydrogen-bond donors (Lipinski definition) is 2. The van der Waals surface area contributed by atoms with Crippen LogP contribution in [0, 0.1) is 0 Å². The lowest BCUT2D eigenvalue weighted by Crippen LogP contribution is -2.55. The standard InChI is InChI=1S/C12H20N4S/c1-16-6-7-17-9-12(16)11(15-13)8-10-2-4-14-5-3-10/h2-5,11-12,15H,6-9,13H2,1H3. The minimum absolute atomic E-state index is 0.301. The van der Waals surface area contributed by atoms with Gasteiger partial charge in [0.1, 0.15) is 0 Å². The molecule has 0 radical (unpaired) electrons. The first-order valence-electron chi connectivity index (χ1n) is 5.94. The van der Waals surface area contributed by atoms with Crippen molar-refractivity contribution in [2.24, 2.45) is 5.84 Å². The molecule has 0 spiro atoms. The number of thioether (sulfide) groups is 1. The van der Waals surface area contributed by atoms with E-state index in [1.807, 2.05) is 24.2 Å². The van der Waals surface area contributed by atoms with Crippen LogP contribution in [0.1, 0.15) is 5.56 Å². The van der Waals surface area contributed by atoms with Gasteiger partial charge in [-0.05, 0) is 31.2 Å². The Balaban J connectivity index is 2.00. The predicted octanol–water partition coefficient (Wildman–Crippen LogP) is 0.503. The van der Waals surface area contributed by atoms with Crippen molar-refractivity contribution in [3.63, 3.8) is 0 Å². The number of likely N-dealkylation sites (N-methyl/N-ethyl adjacent to an activating group) is 1. The lowest BCUT2D eigenvalue weighted by Gasteiger charge is -2.37. The molecule has 0 bridgehead atoms. The van der Waals surface area contributed by atoms with Gasteiger partial charge in [0.05, 0.1) is 0 Å². The van der Waals surface area contributed by atoms with Crippen LogP contribution in [0.3, 0.4) is 0 Å². The van der Waals surface area contributed by atoms with Gasteiger partial charge < -0.3 is 4.90 Å². The molecule has 1 saturated heterocycles. The summed E-state index contributed by atoms with van der Waals surface area (Å²) in [6.07, 6.45) is 4.62. The van der Waals surface area contributed by atoms with E-state index in [0.717, 1.165) is 18.7 Å². The van der Waals surface area contributed by atoms with Crippen molar-refractivity contribution in [2.45, 2.75) is 18.5 Å². The van der Waals surface area contributed by atoms with E-state index in [1.165, 1.54) is 11.3 Å². The monoisotopic (exact) mass is 252 g/mol. The Morgan fingerprint density at radius 3 is 3.00 bits per heavy atom. The van der Waals surface area contributed by atoms with Crippen molar-refractivity contribution in [3.8, 4) is 0 Å². The number of aromatic nitrogens is 1. The minimum Gasteiger partial charge on any atom is -0.300 e. The van der Waals surface area contributed by atoms with E-state index in [1.54, 1.807) is 0 Å². The maximum absolute atomic E-state index is 5.71. The molecule has 1 aromatic heterocycles. The third-order valence-electron chi connectivity index (χ3n) is 3.33. The molecule has 3 N–H and O–H groups in total. The van der Waals surface area contributed by atoms with E-state index in [-0.39, 0.29) is 0 Å². The quantitative estimate of drug-likeness (QED) is 0.604. The van der Waals surface area contributed by atoms with Crippen molar-refractivity contribution in [1.82, 2.24) is 15.3 Å². The highest BCUT2D eigenvalue weighted by Crippen LogP contribution is 2.19. The zero-order valence-corrected chi connectivity index (χ0v) is 11.0. The first-order chi connectivity index (χ1) is 8.31. The summed E-state index contributed by atoms with van der Waals surface area (Å²) in [7, 11) is 2.18. The van der Waals surface area contributed by atoms with E-state index >= 15 is 0 Å². The molecule has 4 nitrogen and oxygen atoms in total. The molecule has 1 aliphatic heterocycles. The highest BCUT2D eigenvalue weighted by atomic mass is 32.2. The molecule has 17 heavy (non-hydrogen) atoms. The Hall–Kier alpha value is -0.620. The van der Waals surface area contributed by atoms with E-state index in [4.69, 9.17) is 5.84 Å². The molecule has 2 atom stereocenters. The fourth-order valence-corrected chi connectivity index (χ4v) is 3.52. The summed E-state index contributed by atoms with van der Waals surface area (Å²) in [6.45, 7) is 1.14. The van der Waals surface area contributed by atoms with Gasteiger partial charge in [-0.1, -0.05) is 0 Å². The van der Waals surface area contributed by atoms with Gasteiger partial charge in [0.15, 0.2) is 0 Å². The molecule has 0 aromatic carbocycles. The summed E-state index contributed by atoms with van der Waals surface area (Å²) in [5.41, 5.74) is 4.26. The van der Waals surface area contributed by atoms with Crippen molar-refractivity contribution >= 4 is 11.8 Å². The number of hydrazine groups is 1. The maximum atomic E-state index is 5.71. The SMILES string of the molecule is CN1CCSCC1C(Cc1ccncc1)NN. The van der Waals surface area contributed by atoms with Crippen LogP contribution in [0.2, 0.25) is 0 Å². The lowest BCUT2D eigenvalue weighted by atomic mass is 10.0. The third kappa shape index (κ3) is 3.42. The third-order valence-corrected chi connectivity index (χ3v) is 4.38. The van der Waals surface area contributed by atoms with E-state index in [9.17, 15) is 0 Å². The first-order valence-corrected chi connectivity index (χ1v) is 7.09. The van der Waals surface area contributed by atoms with Crippen LogP contribution < -0.4 is 11.3 Å². The number of rotatable bonds is 4. The topological polar surface area (TPSA) is 54.2 Å². The fourth-order valence-electron chi connectivity index (χ4n) is 2.21. The Morgan fingerprint density at radius 1 is 1.59 bits per heavy atom. The Labute approximate surface area is 107 Å². The molecule has 0 amide bonds. The molecule has 2 rings (SSSR count). The Bertz CT molecular complexity index is 333. The maximum Gasteiger partial charge on any atom is 0.0414 e. The summed E-state index contributed by atoms with van der Waals surface area (Å²) in [5, 5.41) is 0. The molecular formula is C12H20N4S. The highest BCUT2D eigenvalue weighted by molar-refractivity contribution is 7.99. The van der Waals surface area contributed by atoms with Crippen molar-refractivity contribution < 1.29 is 0 Å². The molecule has 94 valence electrons. The van der Waals surface area contributed by atoms with Gasteiger partial charge in [0.2, 0.25) is 0 Å². The smallest absolute Gasteiger partial charge is 0.0414 e. The van der Waals surface area contributed by atoms with E-state index in [2.05, 4.69) is 34.5 Å². The van der Waals surface area contributed by atoms with Gasteiger partial charge in [0.25, 0.3) is 0 Å². The van der Waals surface area contributed by atoms with E-state index in [0.29, 0.717) is 12.1 Å². The van der Waals surface area contributed by atoms with E-state index < -0.39 is 0 Å². The largest absolute Gasteiger partial charge is 0.300 e. The first kappa shape index (κ1) is 12.8. The Morgan fingerprint density at radius 2 is 2.35 bits per heavy atom. The summed E-state index contributed by atoms with van der Waals surface area (Å²) in [4.78, 5) is 6.44. The predicted molar refractivity (Wildman–Crippen MR) is 72.8 cm³/mol. The second-order valence-corrected chi connectivity index (χ2v) is 5.61. The molecule has 2 heterocycles. The van der Waals surface area contributed by atoms with Crippen molar-refractivity contribution in [2.75, 3.05) is 25.1 Å². The minimum atomic E-state index is 0.301. The van der Waals surface area contributed by atoms with Crippen molar-refractivity contribution in [3.05, 3.63) is 30.1 Å². The van der Waals surface area contributed by atoms with Gasteiger partial charge in [-0.15, -0.1) is 0 Å². The lowest BCUT2D eigenvalue weighted by molar-refractivity contribution is 0.214. The summed E-state index contributed by atoms with van der Waals surface area (Å²) >= 11 is 2.01. The second-order valence-electron chi connectivity index (χ2n) is 4.46. The number of hydrogen-bond acceptors (Lipinski definition) is 5. The molecule has 5 heteroatoms. The number of pyridine rings is 1. The van der Waals surface area contributed by atoms with Crippen LogP contribution in [-0.2, 0) is 6.42 Å². The molecule has 1 fully saturated rings. The van der Waals surface area contributed by atoms with Crippen LogP contribution in [0.25, 0.3) is 0 Å². The van der Waals surface area contributed by atoms with Gasteiger partial charge >= 0.3 is 0 Å². The number of nitrogens with zero attached hydrogens (tertiary/aromatic N) is 2. The number of nitrogens with one attached hydrogen (secondary N) is 1.